The zero-order chi connectivity index (χ0) is 21.8. The molecule has 2 aliphatic heterocycles. The van der Waals surface area contributed by atoms with Gasteiger partial charge in [-0.1, -0.05) is 18.2 Å². The Morgan fingerprint density at radius 1 is 1.23 bits per heavy atom. The first-order valence-electron chi connectivity index (χ1n) is 10.9. The molecule has 31 heavy (non-hydrogen) atoms. The number of benzene rings is 1. The van der Waals surface area contributed by atoms with Crippen LogP contribution >= 0.6 is 24.0 Å². The Hall–Kier alpha value is -1.07. The summed E-state index contributed by atoms with van der Waals surface area (Å²) in [5.74, 6) is 1.84. The Morgan fingerprint density at radius 3 is 2.52 bits per heavy atom. The molecular formula is C22H37IN4O3S. The number of sulfone groups is 1. The van der Waals surface area contributed by atoms with Gasteiger partial charge in [-0.15, -0.1) is 24.0 Å². The number of guanidine groups is 1. The van der Waals surface area contributed by atoms with Crippen molar-refractivity contribution in [2.45, 2.75) is 44.4 Å². The summed E-state index contributed by atoms with van der Waals surface area (Å²) >= 11 is 0. The van der Waals surface area contributed by atoms with Crippen molar-refractivity contribution in [1.82, 2.24) is 15.1 Å². The minimum Gasteiger partial charge on any atom is -0.496 e. The van der Waals surface area contributed by atoms with Gasteiger partial charge in [-0.05, 0) is 52.8 Å². The summed E-state index contributed by atoms with van der Waals surface area (Å²) < 4.78 is 29.7. The van der Waals surface area contributed by atoms with Gasteiger partial charge in [-0.2, -0.15) is 0 Å². The second-order valence-electron chi connectivity index (χ2n) is 8.70. The minimum absolute atomic E-state index is 0. The zero-order valence-electron chi connectivity index (χ0n) is 19.1. The van der Waals surface area contributed by atoms with Crippen LogP contribution in [0.25, 0.3) is 0 Å². The molecule has 2 aliphatic rings. The van der Waals surface area contributed by atoms with Gasteiger partial charge in [0.15, 0.2) is 15.8 Å². The number of nitrogens with zero attached hydrogens (tertiary/aromatic N) is 3. The number of hydrogen-bond donors (Lipinski definition) is 1. The highest BCUT2D eigenvalue weighted by atomic mass is 127. The predicted molar refractivity (Wildman–Crippen MR) is 137 cm³/mol. The number of ether oxygens (including phenoxy) is 1. The molecule has 0 radical (unpaired) electrons. The first kappa shape index (κ1) is 26.2. The summed E-state index contributed by atoms with van der Waals surface area (Å²) in [6.45, 7) is 10.0. The molecule has 2 heterocycles. The molecule has 9 heteroatoms. The van der Waals surface area contributed by atoms with E-state index in [2.05, 4.69) is 21.2 Å². The van der Waals surface area contributed by atoms with Crippen molar-refractivity contribution in [2.24, 2.45) is 4.99 Å². The molecule has 0 aromatic heterocycles. The van der Waals surface area contributed by atoms with Crippen LogP contribution in [0.4, 0.5) is 0 Å². The molecule has 0 aliphatic carbocycles. The number of nitrogens with one attached hydrogen (secondary N) is 1. The number of hydrogen-bond acceptors (Lipinski definition) is 5. The maximum atomic E-state index is 12.4. The molecule has 0 spiro atoms. The van der Waals surface area contributed by atoms with Crippen LogP contribution < -0.4 is 10.1 Å². The van der Waals surface area contributed by atoms with Gasteiger partial charge in [-0.25, -0.2) is 8.42 Å². The lowest BCUT2D eigenvalue weighted by atomic mass is 10.0. The maximum Gasteiger partial charge on any atom is 0.194 e. The zero-order valence-corrected chi connectivity index (χ0v) is 22.3. The molecule has 0 bridgehead atoms. The lowest BCUT2D eigenvalue weighted by Gasteiger charge is -2.39. The van der Waals surface area contributed by atoms with E-state index in [9.17, 15) is 8.42 Å². The molecule has 1 atom stereocenters. The second kappa shape index (κ2) is 11.2. The Kier molecular flexibility index (Phi) is 9.44. The van der Waals surface area contributed by atoms with Crippen molar-refractivity contribution in [2.75, 3.05) is 52.1 Å². The number of likely N-dealkylation sites (tertiary alicyclic amines) is 1. The molecule has 0 saturated carbocycles. The number of rotatable bonds is 6. The van der Waals surface area contributed by atoms with E-state index >= 15 is 0 Å². The van der Waals surface area contributed by atoms with E-state index in [-0.39, 0.29) is 35.8 Å². The summed E-state index contributed by atoms with van der Waals surface area (Å²) in [6.07, 6.45) is 2.40. The highest BCUT2D eigenvalue weighted by molar-refractivity contribution is 14.0. The molecule has 176 valence electrons. The number of methoxy groups -OCH3 is 1. The predicted octanol–water partition coefficient (Wildman–Crippen LogP) is 2.92. The van der Waals surface area contributed by atoms with Crippen molar-refractivity contribution >= 4 is 39.8 Å². The van der Waals surface area contributed by atoms with Crippen LogP contribution in [0.2, 0.25) is 0 Å². The normalized spacial score (nSPS) is 21.9. The fraction of sp³-hybridized carbons (Fsp3) is 0.682. The number of halogens is 1. The van der Waals surface area contributed by atoms with E-state index in [0.29, 0.717) is 19.6 Å². The molecule has 0 amide bonds. The Bertz CT molecular complexity index is 854. The monoisotopic (exact) mass is 564 g/mol. The van der Waals surface area contributed by atoms with Crippen LogP contribution in [-0.2, 0) is 9.84 Å². The quantitative estimate of drug-likeness (QED) is 0.326. The number of aliphatic imine (C=N–C) groups is 1. The molecular weight excluding hydrogens is 527 g/mol. The molecule has 2 fully saturated rings. The van der Waals surface area contributed by atoms with Gasteiger partial charge in [0.1, 0.15) is 5.75 Å². The highest BCUT2D eigenvalue weighted by Gasteiger charge is 2.41. The first-order chi connectivity index (χ1) is 14.3. The van der Waals surface area contributed by atoms with E-state index < -0.39 is 14.6 Å². The first-order valence-corrected chi connectivity index (χ1v) is 12.6. The Balaban J connectivity index is 0.00000341. The van der Waals surface area contributed by atoms with E-state index in [1.54, 1.807) is 21.0 Å². The Labute approximate surface area is 204 Å². The summed E-state index contributed by atoms with van der Waals surface area (Å²) in [5.41, 5.74) is 1.16. The molecule has 1 unspecified atom stereocenters. The van der Waals surface area contributed by atoms with Gasteiger partial charge in [0.25, 0.3) is 0 Å². The summed E-state index contributed by atoms with van der Waals surface area (Å²) in [6, 6.07) is 8.31. The van der Waals surface area contributed by atoms with Crippen LogP contribution in [0, 0.1) is 0 Å². The molecule has 1 aromatic rings. The van der Waals surface area contributed by atoms with Crippen molar-refractivity contribution in [3.05, 3.63) is 29.8 Å². The van der Waals surface area contributed by atoms with Crippen LogP contribution in [0.5, 0.6) is 5.75 Å². The van der Waals surface area contributed by atoms with Crippen molar-refractivity contribution < 1.29 is 13.2 Å². The third-order valence-electron chi connectivity index (χ3n) is 6.17. The van der Waals surface area contributed by atoms with E-state index in [4.69, 9.17) is 9.73 Å². The average molecular weight is 565 g/mol. The second-order valence-corrected chi connectivity index (χ2v) is 11.4. The smallest absolute Gasteiger partial charge is 0.194 e. The molecule has 2 saturated heterocycles. The van der Waals surface area contributed by atoms with Crippen LogP contribution in [0.1, 0.15) is 45.2 Å². The topological polar surface area (TPSA) is 74.2 Å². The van der Waals surface area contributed by atoms with Crippen LogP contribution in [-0.4, -0.2) is 81.1 Å². The lowest BCUT2D eigenvalue weighted by Crippen LogP contribution is -2.57. The summed E-state index contributed by atoms with van der Waals surface area (Å²) in [7, 11) is -1.38. The molecule has 3 rings (SSSR count). The van der Waals surface area contributed by atoms with Gasteiger partial charge in [-0.3, -0.25) is 9.89 Å². The highest BCUT2D eigenvalue weighted by Crippen LogP contribution is 2.32. The van der Waals surface area contributed by atoms with Gasteiger partial charge in [0.05, 0.1) is 30.2 Å². The van der Waals surface area contributed by atoms with Gasteiger partial charge >= 0.3 is 0 Å². The SMILES string of the molecule is CCNC(=NCC(c1ccccc1OC)N1CCCC1)N1CCS(=O)(=O)C(C)(C)C1.I. The Morgan fingerprint density at radius 2 is 1.90 bits per heavy atom. The molecule has 1 N–H and O–H groups in total. The van der Waals surface area contributed by atoms with Crippen molar-refractivity contribution in [1.29, 1.82) is 0 Å². The van der Waals surface area contributed by atoms with E-state index in [1.165, 1.54) is 12.8 Å². The summed E-state index contributed by atoms with van der Waals surface area (Å²) in [4.78, 5) is 9.56. The third-order valence-corrected chi connectivity index (χ3v) is 8.70. The van der Waals surface area contributed by atoms with E-state index in [0.717, 1.165) is 36.9 Å². The minimum atomic E-state index is -3.09. The average Bonchev–Trinajstić information content (AvgIpc) is 3.24. The van der Waals surface area contributed by atoms with Gasteiger partial charge < -0.3 is 15.0 Å². The fourth-order valence-corrected chi connectivity index (χ4v) is 5.69. The van der Waals surface area contributed by atoms with Crippen molar-refractivity contribution in [3.63, 3.8) is 0 Å². The summed E-state index contributed by atoms with van der Waals surface area (Å²) in [5, 5.41) is 3.37. The van der Waals surface area contributed by atoms with E-state index in [1.807, 2.05) is 25.1 Å². The maximum absolute atomic E-state index is 12.4. The number of para-hydroxylation sites is 1. The molecule has 7 nitrogen and oxygen atoms in total. The van der Waals surface area contributed by atoms with Gasteiger partial charge in [0, 0.05) is 25.2 Å². The lowest BCUT2D eigenvalue weighted by molar-refractivity contribution is 0.244. The largest absolute Gasteiger partial charge is 0.496 e. The standard InChI is InChI=1S/C22H36N4O3S.HI/c1-5-23-21(26-14-15-30(27,28)22(2,3)17-26)24-16-19(25-12-8-9-13-25)18-10-6-7-11-20(18)29-4;/h6-7,10-11,19H,5,8-9,12-17H2,1-4H3,(H,23,24);1H. The fourth-order valence-electron chi connectivity index (χ4n) is 4.33. The van der Waals surface area contributed by atoms with Gasteiger partial charge in [0.2, 0.25) is 0 Å². The third kappa shape index (κ3) is 6.04. The van der Waals surface area contributed by atoms with Crippen LogP contribution in [0.15, 0.2) is 29.3 Å². The molecule has 1 aromatic carbocycles. The van der Waals surface area contributed by atoms with Crippen LogP contribution in [0.3, 0.4) is 0 Å². The van der Waals surface area contributed by atoms with Crippen molar-refractivity contribution in [3.8, 4) is 5.75 Å².